The number of thiocarbonyl (C=S) groups is 2. The van der Waals surface area contributed by atoms with Gasteiger partial charge in [0.25, 0.3) is 0 Å². The van der Waals surface area contributed by atoms with Gasteiger partial charge in [0.15, 0.2) is 5.11 Å². The third kappa shape index (κ3) is 5.06. The summed E-state index contributed by atoms with van der Waals surface area (Å²) in [7, 11) is 0. The lowest BCUT2D eigenvalue weighted by molar-refractivity contribution is 0.391. The summed E-state index contributed by atoms with van der Waals surface area (Å²) in [6.45, 7) is 4.83. The standard InChI is InChI=1S/C19H20ClN9S2/c1-11(30)23-17-24-16(21)25-18(26-17)27-19(31)29-8-6-28(7-9-29)15-4-5-22-14-10-12(20)2-3-13(14)15/h2-5,10H,6-9H2,1H3,(H4,21,23,24,25,26,27,30,31). The molecule has 1 saturated heterocycles. The van der Waals surface area contributed by atoms with E-state index in [1.54, 1.807) is 6.92 Å². The van der Waals surface area contributed by atoms with Crippen LogP contribution in [0.15, 0.2) is 30.5 Å². The molecule has 31 heavy (non-hydrogen) atoms. The van der Waals surface area contributed by atoms with Crippen LogP contribution in [0, 0.1) is 0 Å². The first-order valence-corrected chi connectivity index (χ1v) is 10.7. The average molecular weight is 474 g/mol. The highest BCUT2D eigenvalue weighted by Crippen LogP contribution is 2.28. The van der Waals surface area contributed by atoms with Gasteiger partial charge in [0.1, 0.15) is 0 Å². The van der Waals surface area contributed by atoms with Gasteiger partial charge in [0.05, 0.1) is 10.5 Å². The number of hydrogen-bond donors (Lipinski definition) is 3. The molecule has 1 aliphatic rings. The quantitative estimate of drug-likeness (QED) is 0.488. The molecule has 3 aromatic rings. The third-order valence-electron chi connectivity index (χ3n) is 4.75. The van der Waals surface area contributed by atoms with Crippen molar-refractivity contribution in [2.24, 2.45) is 0 Å². The van der Waals surface area contributed by atoms with E-state index in [9.17, 15) is 0 Å². The molecule has 1 aromatic carbocycles. The summed E-state index contributed by atoms with van der Waals surface area (Å²) in [5.41, 5.74) is 7.78. The van der Waals surface area contributed by atoms with Crippen LogP contribution in [-0.4, -0.2) is 61.1 Å². The molecule has 0 spiro atoms. The molecule has 160 valence electrons. The Labute approximate surface area is 195 Å². The van der Waals surface area contributed by atoms with Crippen LogP contribution in [-0.2, 0) is 0 Å². The lowest BCUT2D eigenvalue weighted by Crippen LogP contribution is -2.50. The summed E-state index contributed by atoms with van der Waals surface area (Å²) >= 11 is 16.7. The van der Waals surface area contributed by atoms with Crippen LogP contribution in [0.3, 0.4) is 0 Å². The van der Waals surface area contributed by atoms with E-state index in [1.165, 1.54) is 0 Å². The van der Waals surface area contributed by atoms with Crippen LogP contribution < -0.4 is 21.3 Å². The van der Waals surface area contributed by atoms with Crippen molar-refractivity contribution in [1.82, 2.24) is 24.8 Å². The fraction of sp³-hybridized carbons (Fsp3) is 0.263. The zero-order chi connectivity index (χ0) is 22.0. The van der Waals surface area contributed by atoms with Crippen molar-refractivity contribution in [2.75, 3.05) is 47.4 Å². The number of rotatable bonds is 3. The normalized spacial score (nSPS) is 13.9. The predicted molar refractivity (Wildman–Crippen MR) is 133 cm³/mol. The molecule has 0 amide bonds. The Kier molecular flexibility index (Phi) is 6.25. The highest BCUT2D eigenvalue weighted by Gasteiger charge is 2.21. The van der Waals surface area contributed by atoms with Crippen LogP contribution in [0.5, 0.6) is 0 Å². The first kappa shape index (κ1) is 21.3. The molecule has 0 unspecified atom stereocenters. The second kappa shape index (κ2) is 9.08. The van der Waals surface area contributed by atoms with Crippen molar-refractivity contribution < 1.29 is 0 Å². The highest BCUT2D eigenvalue weighted by molar-refractivity contribution is 7.80. The van der Waals surface area contributed by atoms with Crippen LogP contribution in [0.2, 0.25) is 5.02 Å². The fourth-order valence-corrected chi connectivity index (χ4v) is 3.90. The number of halogens is 1. The predicted octanol–water partition coefficient (Wildman–Crippen LogP) is 2.93. The van der Waals surface area contributed by atoms with Crippen molar-refractivity contribution >= 4 is 80.6 Å². The monoisotopic (exact) mass is 473 g/mol. The second-order valence-electron chi connectivity index (χ2n) is 6.92. The lowest BCUT2D eigenvalue weighted by atomic mass is 10.1. The lowest BCUT2D eigenvalue weighted by Gasteiger charge is -2.37. The largest absolute Gasteiger partial charge is 0.368 e. The van der Waals surface area contributed by atoms with Crippen LogP contribution in [0.1, 0.15) is 6.92 Å². The Morgan fingerprint density at radius 3 is 2.45 bits per heavy atom. The SMILES string of the molecule is CC(=S)Nc1nc(N)nc(NC(=S)N2CCN(c3ccnc4cc(Cl)ccc34)CC2)n1. The number of piperazine rings is 1. The maximum absolute atomic E-state index is 6.11. The topological polar surface area (TPSA) is 108 Å². The second-order valence-corrected chi connectivity index (χ2v) is 8.35. The van der Waals surface area contributed by atoms with Crippen molar-refractivity contribution in [2.45, 2.75) is 6.92 Å². The number of benzene rings is 1. The van der Waals surface area contributed by atoms with Gasteiger partial charge in [-0.05, 0) is 43.4 Å². The molecule has 0 radical (unpaired) electrons. The Bertz CT molecular complexity index is 1150. The van der Waals surface area contributed by atoms with Gasteiger partial charge in [-0.1, -0.05) is 23.8 Å². The summed E-state index contributed by atoms with van der Waals surface area (Å²) < 4.78 is 0. The van der Waals surface area contributed by atoms with Gasteiger partial charge in [-0.15, -0.1) is 0 Å². The molecule has 0 aliphatic carbocycles. The Morgan fingerprint density at radius 1 is 1.03 bits per heavy atom. The molecule has 0 saturated carbocycles. The van der Waals surface area contributed by atoms with E-state index in [4.69, 9.17) is 41.8 Å². The highest BCUT2D eigenvalue weighted by atomic mass is 35.5. The Hall–Kier alpha value is -2.89. The van der Waals surface area contributed by atoms with E-state index in [0.717, 1.165) is 42.8 Å². The average Bonchev–Trinajstić information content (AvgIpc) is 2.72. The summed E-state index contributed by atoms with van der Waals surface area (Å²) in [6, 6.07) is 7.81. The molecule has 0 atom stereocenters. The molecular formula is C19H20ClN9S2. The van der Waals surface area contributed by atoms with Crippen molar-refractivity contribution in [1.29, 1.82) is 0 Å². The molecule has 4 N–H and O–H groups in total. The van der Waals surface area contributed by atoms with Gasteiger partial charge < -0.3 is 26.2 Å². The van der Waals surface area contributed by atoms with E-state index >= 15 is 0 Å². The molecule has 9 nitrogen and oxygen atoms in total. The Morgan fingerprint density at radius 2 is 1.74 bits per heavy atom. The zero-order valence-electron chi connectivity index (χ0n) is 16.7. The fourth-order valence-electron chi connectivity index (χ4n) is 3.37. The summed E-state index contributed by atoms with van der Waals surface area (Å²) in [5, 5.41) is 8.18. The van der Waals surface area contributed by atoms with Crippen LogP contribution in [0.25, 0.3) is 10.9 Å². The minimum absolute atomic E-state index is 0.0773. The number of aromatic nitrogens is 4. The number of nitrogen functional groups attached to an aromatic ring is 1. The van der Waals surface area contributed by atoms with E-state index in [1.807, 2.05) is 30.5 Å². The number of anilines is 4. The van der Waals surface area contributed by atoms with Gasteiger partial charge in [-0.3, -0.25) is 4.98 Å². The van der Waals surface area contributed by atoms with Gasteiger partial charge >= 0.3 is 0 Å². The molecule has 1 fully saturated rings. The number of nitrogens with one attached hydrogen (secondary N) is 2. The molecule has 0 bridgehead atoms. The smallest absolute Gasteiger partial charge is 0.235 e. The maximum atomic E-state index is 6.11. The number of fused-ring (bicyclic) bond motifs is 1. The van der Waals surface area contributed by atoms with E-state index < -0.39 is 0 Å². The van der Waals surface area contributed by atoms with Gasteiger partial charge in [-0.2, -0.15) is 15.0 Å². The molecule has 3 heterocycles. The molecular weight excluding hydrogens is 454 g/mol. The number of hydrogen-bond acceptors (Lipinski definition) is 8. The first-order chi connectivity index (χ1) is 14.9. The summed E-state index contributed by atoms with van der Waals surface area (Å²) in [5.74, 6) is 0.629. The molecule has 12 heteroatoms. The van der Waals surface area contributed by atoms with E-state index in [2.05, 4.69) is 40.4 Å². The van der Waals surface area contributed by atoms with E-state index in [0.29, 0.717) is 15.1 Å². The first-order valence-electron chi connectivity index (χ1n) is 9.53. The Balaban J connectivity index is 1.42. The molecule has 4 rings (SSSR count). The summed E-state index contributed by atoms with van der Waals surface area (Å²) in [6.07, 6.45) is 1.81. The summed E-state index contributed by atoms with van der Waals surface area (Å²) in [4.78, 5) is 21.7. The maximum Gasteiger partial charge on any atom is 0.235 e. The minimum Gasteiger partial charge on any atom is -0.368 e. The molecule has 1 aliphatic heterocycles. The van der Waals surface area contributed by atoms with Gasteiger partial charge in [0.2, 0.25) is 17.8 Å². The van der Waals surface area contributed by atoms with Crippen molar-refractivity contribution in [3.63, 3.8) is 0 Å². The van der Waals surface area contributed by atoms with Crippen LogP contribution in [0.4, 0.5) is 23.5 Å². The number of pyridine rings is 1. The number of nitrogens with zero attached hydrogens (tertiary/aromatic N) is 6. The molecule has 2 aromatic heterocycles. The van der Waals surface area contributed by atoms with Gasteiger partial charge in [-0.25, -0.2) is 0 Å². The van der Waals surface area contributed by atoms with Crippen molar-refractivity contribution in [3.8, 4) is 0 Å². The van der Waals surface area contributed by atoms with Crippen LogP contribution >= 0.6 is 36.0 Å². The minimum atomic E-state index is 0.0773. The van der Waals surface area contributed by atoms with Crippen molar-refractivity contribution in [3.05, 3.63) is 35.5 Å². The van der Waals surface area contributed by atoms with E-state index in [-0.39, 0.29) is 17.8 Å². The third-order valence-corrected chi connectivity index (χ3v) is 5.45. The zero-order valence-corrected chi connectivity index (χ0v) is 19.1. The number of nitrogens with two attached hydrogens (primary N) is 1. The van der Waals surface area contributed by atoms with Gasteiger partial charge in [0, 0.05) is 48.5 Å².